The fourth-order valence-corrected chi connectivity index (χ4v) is 5.01. The van der Waals surface area contributed by atoms with Gasteiger partial charge in [0.1, 0.15) is 12.3 Å². The molecule has 2 rings (SSSR count). The third-order valence-corrected chi connectivity index (χ3v) is 7.76. The Labute approximate surface area is 231 Å². The largest absolute Gasteiger partial charge is 0.345 e. The van der Waals surface area contributed by atoms with Crippen LogP contribution >= 0.6 is 0 Å². The van der Waals surface area contributed by atoms with Gasteiger partial charge in [0.15, 0.2) is 0 Å². The maximum atomic E-state index is 13.0. The van der Waals surface area contributed by atoms with Gasteiger partial charge < -0.3 is 26.9 Å². The van der Waals surface area contributed by atoms with Gasteiger partial charge in [-0.3, -0.25) is 9.59 Å². The summed E-state index contributed by atoms with van der Waals surface area (Å²) >= 11 is 0. The first kappa shape index (κ1) is 32.1. The number of carbonyl (C=O) groups excluding carboxylic acids is 3. The second kappa shape index (κ2) is 16.8. The molecule has 0 spiro atoms. The molecule has 0 radical (unpaired) electrons. The lowest BCUT2D eigenvalue weighted by atomic mass is 10.0. The Morgan fingerprint density at radius 2 is 1.56 bits per heavy atom. The van der Waals surface area contributed by atoms with Crippen molar-refractivity contribution < 1.29 is 22.8 Å². The van der Waals surface area contributed by atoms with Crippen molar-refractivity contribution in [3.05, 3.63) is 65.7 Å². The number of benzene rings is 2. The first-order chi connectivity index (χ1) is 18.7. The normalized spacial score (nSPS) is 13.7. The molecule has 7 N–H and O–H groups in total. The summed E-state index contributed by atoms with van der Waals surface area (Å²) in [5.41, 5.74) is 13.4. The Morgan fingerprint density at radius 3 is 2.21 bits per heavy atom. The standard InChI is InChI=1S/C28H41N5O5S/c1-21-13-15-24(16-14-21)39(37,38)31-18-8-6-12-25(30)27(35)33-26(19-22-9-3-2-4-10-22)28(36)32-23(20-34)11-5-7-17-29/h2-4,9-10,13-16,20,23,25-26,31H,5-8,11-12,17-19,29-30H2,1H3,(H,32,36)(H,33,35)/t23-,25+,26-/m0/s1. The maximum Gasteiger partial charge on any atom is 0.243 e. The summed E-state index contributed by atoms with van der Waals surface area (Å²) in [6.07, 6.45) is 4.14. The molecular formula is C28H41N5O5S. The predicted octanol–water partition coefficient (Wildman–Crippen LogP) is 1.31. The van der Waals surface area contributed by atoms with E-state index in [0.29, 0.717) is 44.9 Å². The van der Waals surface area contributed by atoms with Gasteiger partial charge >= 0.3 is 0 Å². The van der Waals surface area contributed by atoms with E-state index in [2.05, 4.69) is 15.4 Å². The van der Waals surface area contributed by atoms with Gasteiger partial charge in [0, 0.05) is 13.0 Å². The molecule has 0 bridgehead atoms. The topological polar surface area (TPSA) is 173 Å². The SMILES string of the molecule is Cc1ccc(S(=O)(=O)NCCCC[C@@H](N)C(=O)N[C@@H](Cc2ccccc2)C(=O)N[C@H](C=O)CCCCN)cc1. The molecule has 0 saturated heterocycles. The van der Waals surface area contributed by atoms with Crippen molar-refractivity contribution in [3.8, 4) is 0 Å². The number of nitrogens with one attached hydrogen (secondary N) is 3. The van der Waals surface area contributed by atoms with Crippen molar-refractivity contribution in [1.82, 2.24) is 15.4 Å². The van der Waals surface area contributed by atoms with E-state index < -0.39 is 40.0 Å². The molecule has 2 amide bonds. The van der Waals surface area contributed by atoms with Crippen LogP contribution in [0, 0.1) is 6.92 Å². The number of nitrogens with two attached hydrogens (primary N) is 2. The third-order valence-electron chi connectivity index (χ3n) is 6.28. The molecule has 2 aromatic carbocycles. The lowest BCUT2D eigenvalue weighted by Gasteiger charge is -2.23. The van der Waals surface area contributed by atoms with Crippen LogP contribution < -0.4 is 26.8 Å². The Morgan fingerprint density at radius 1 is 0.897 bits per heavy atom. The molecule has 214 valence electrons. The second-order valence-electron chi connectivity index (χ2n) is 9.60. The molecule has 0 aliphatic carbocycles. The first-order valence-corrected chi connectivity index (χ1v) is 14.8. The van der Waals surface area contributed by atoms with Crippen molar-refractivity contribution >= 4 is 28.1 Å². The van der Waals surface area contributed by atoms with Crippen LogP contribution in [0.25, 0.3) is 0 Å². The number of carbonyl (C=O) groups is 3. The van der Waals surface area contributed by atoms with Crippen LogP contribution in [0.15, 0.2) is 59.5 Å². The van der Waals surface area contributed by atoms with Crippen LogP contribution in [-0.2, 0) is 30.8 Å². The van der Waals surface area contributed by atoms with E-state index >= 15 is 0 Å². The zero-order chi connectivity index (χ0) is 28.7. The highest BCUT2D eigenvalue weighted by molar-refractivity contribution is 7.89. The quantitative estimate of drug-likeness (QED) is 0.135. The molecule has 0 fully saturated rings. The number of hydrogen-bond donors (Lipinski definition) is 5. The van der Waals surface area contributed by atoms with Gasteiger partial charge in [0.25, 0.3) is 0 Å². The molecule has 0 unspecified atom stereocenters. The van der Waals surface area contributed by atoms with E-state index in [-0.39, 0.29) is 17.9 Å². The van der Waals surface area contributed by atoms with Crippen LogP contribution in [0.2, 0.25) is 0 Å². The van der Waals surface area contributed by atoms with E-state index in [1.807, 2.05) is 37.3 Å². The number of sulfonamides is 1. The van der Waals surface area contributed by atoms with Crippen LogP contribution in [-0.4, -0.2) is 57.7 Å². The summed E-state index contributed by atoms with van der Waals surface area (Å²) in [7, 11) is -3.61. The Kier molecular flexibility index (Phi) is 13.8. The van der Waals surface area contributed by atoms with E-state index in [1.54, 1.807) is 24.3 Å². The highest BCUT2D eigenvalue weighted by Gasteiger charge is 2.26. The Bertz CT molecular complexity index is 1140. The predicted molar refractivity (Wildman–Crippen MR) is 151 cm³/mol. The third kappa shape index (κ3) is 11.7. The van der Waals surface area contributed by atoms with Crippen LogP contribution in [0.5, 0.6) is 0 Å². The van der Waals surface area contributed by atoms with Gasteiger partial charge in [-0.15, -0.1) is 0 Å². The fraction of sp³-hybridized carbons (Fsp3) is 0.464. The van der Waals surface area contributed by atoms with Crippen molar-refractivity contribution in [2.24, 2.45) is 11.5 Å². The summed E-state index contributed by atoms with van der Waals surface area (Å²) in [5.74, 6) is -0.952. The van der Waals surface area contributed by atoms with Crippen LogP contribution in [0.1, 0.15) is 49.7 Å². The minimum Gasteiger partial charge on any atom is -0.345 e. The number of aldehydes is 1. The molecular weight excluding hydrogens is 518 g/mol. The molecule has 11 heteroatoms. The molecule has 39 heavy (non-hydrogen) atoms. The molecule has 0 aliphatic rings. The lowest BCUT2D eigenvalue weighted by Crippen LogP contribution is -2.54. The molecule has 2 aromatic rings. The van der Waals surface area contributed by atoms with Gasteiger partial charge in [-0.05, 0) is 63.3 Å². The lowest BCUT2D eigenvalue weighted by molar-refractivity contribution is -0.130. The zero-order valence-electron chi connectivity index (χ0n) is 22.5. The number of rotatable bonds is 18. The monoisotopic (exact) mass is 559 g/mol. The van der Waals surface area contributed by atoms with Crippen molar-refractivity contribution in [1.29, 1.82) is 0 Å². The smallest absolute Gasteiger partial charge is 0.243 e. The van der Waals surface area contributed by atoms with E-state index in [0.717, 1.165) is 17.5 Å². The van der Waals surface area contributed by atoms with Gasteiger partial charge in [-0.1, -0.05) is 54.4 Å². The number of hydrogen-bond acceptors (Lipinski definition) is 7. The van der Waals surface area contributed by atoms with Gasteiger partial charge in [-0.25, -0.2) is 13.1 Å². The highest BCUT2D eigenvalue weighted by atomic mass is 32.2. The van der Waals surface area contributed by atoms with E-state index in [1.165, 1.54) is 0 Å². The molecule has 0 saturated carbocycles. The molecule has 0 aliphatic heterocycles. The van der Waals surface area contributed by atoms with Crippen LogP contribution in [0.3, 0.4) is 0 Å². The van der Waals surface area contributed by atoms with E-state index in [9.17, 15) is 22.8 Å². The van der Waals surface area contributed by atoms with E-state index in [4.69, 9.17) is 11.5 Å². The molecule has 0 aromatic heterocycles. The molecule has 0 heterocycles. The summed E-state index contributed by atoms with van der Waals surface area (Å²) in [5, 5.41) is 5.44. The van der Waals surface area contributed by atoms with Gasteiger partial charge in [0.05, 0.1) is 17.0 Å². The minimum absolute atomic E-state index is 0.197. The first-order valence-electron chi connectivity index (χ1n) is 13.3. The van der Waals surface area contributed by atoms with Crippen molar-refractivity contribution in [2.75, 3.05) is 13.1 Å². The fourth-order valence-electron chi connectivity index (χ4n) is 3.93. The Balaban J connectivity index is 1.88. The van der Waals surface area contributed by atoms with Gasteiger partial charge in [0.2, 0.25) is 21.8 Å². The van der Waals surface area contributed by atoms with Crippen LogP contribution in [0.4, 0.5) is 0 Å². The summed E-state index contributed by atoms with van der Waals surface area (Å²) in [6, 6.07) is 13.3. The molecule has 3 atom stereocenters. The maximum absolute atomic E-state index is 13.0. The highest BCUT2D eigenvalue weighted by Crippen LogP contribution is 2.11. The molecule has 10 nitrogen and oxygen atoms in total. The number of unbranched alkanes of at least 4 members (excludes halogenated alkanes) is 2. The number of amides is 2. The average Bonchev–Trinajstić information content (AvgIpc) is 2.92. The summed E-state index contributed by atoms with van der Waals surface area (Å²) in [4.78, 5) is 37.5. The zero-order valence-corrected chi connectivity index (χ0v) is 23.3. The average molecular weight is 560 g/mol. The van der Waals surface area contributed by atoms with Crippen molar-refractivity contribution in [2.45, 2.75) is 74.9 Å². The van der Waals surface area contributed by atoms with Gasteiger partial charge in [-0.2, -0.15) is 0 Å². The summed E-state index contributed by atoms with van der Waals surface area (Å²) < 4.78 is 27.3. The number of aryl methyl sites for hydroxylation is 1. The Hall–Kier alpha value is -3.12. The second-order valence-corrected chi connectivity index (χ2v) is 11.4. The summed E-state index contributed by atoms with van der Waals surface area (Å²) in [6.45, 7) is 2.59. The van der Waals surface area contributed by atoms with Crippen molar-refractivity contribution in [3.63, 3.8) is 0 Å². The minimum atomic E-state index is -3.61.